The van der Waals surface area contributed by atoms with Crippen LogP contribution in [0.4, 0.5) is 5.69 Å². The Balaban J connectivity index is 1.71. The third kappa shape index (κ3) is 4.51. The first-order chi connectivity index (χ1) is 13.9. The zero-order chi connectivity index (χ0) is 21.0. The Morgan fingerprint density at radius 3 is 2.59 bits per heavy atom. The molecule has 0 bridgehead atoms. The molecule has 5 N–H and O–H groups in total. The molecule has 2 heterocycles. The van der Waals surface area contributed by atoms with Crippen LogP contribution in [0.3, 0.4) is 0 Å². The van der Waals surface area contributed by atoms with Crippen LogP contribution < -0.4 is 20.7 Å². The molecule has 0 aliphatic carbocycles. The second kappa shape index (κ2) is 8.95. The largest absolute Gasteiger partial charge is 0.496 e. The molecule has 0 atom stereocenters. The Labute approximate surface area is 168 Å². The van der Waals surface area contributed by atoms with Gasteiger partial charge in [-0.15, -0.1) is 0 Å². The highest BCUT2D eigenvalue weighted by atomic mass is 16.5. The molecule has 0 unspecified atom stereocenters. The molecule has 29 heavy (non-hydrogen) atoms. The highest BCUT2D eigenvalue weighted by Gasteiger charge is 2.27. The standard InChI is InChI=1S/C20H26N4O5/c1-28-14-5-3-4-13-16(14)17(18(22-13)20(27)29-2)23-15(25)8-11-24-9-6-12(7-10-24)19(21)26/h3-5,12,22H,6-11H2,1-2H3,(H2,21,26)(H,23,25)/p+1. The Morgan fingerprint density at radius 1 is 1.24 bits per heavy atom. The highest BCUT2D eigenvalue weighted by Crippen LogP contribution is 2.35. The number of likely N-dealkylation sites (tertiary alicyclic amines) is 1. The maximum Gasteiger partial charge on any atom is 0.356 e. The molecule has 2 aromatic rings. The molecule has 2 amide bonds. The predicted molar refractivity (Wildman–Crippen MR) is 107 cm³/mol. The van der Waals surface area contributed by atoms with Crippen LogP contribution in [0.5, 0.6) is 5.75 Å². The molecule has 1 fully saturated rings. The summed E-state index contributed by atoms with van der Waals surface area (Å²) in [5.41, 5.74) is 6.57. The van der Waals surface area contributed by atoms with Gasteiger partial charge in [-0.05, 0) is 12.1 Å². The number of amides is 2. The van der Waals surface area contributed by atoms with Gasteiger partial charge in [-0.2, -0.15) is 0 Å². The maximum atomic E-state index is 12.6. The fourth-order valence-electron chi connectivity index (χ4n) is 3.82. The number of anilines is 1. The van der Waals surface area contributed by atoms with E-state index in [0.29, 0.717) is 35.3 Å². The van der Waals surface area contributed by atoms with Crippen molar-refractivity contribution in [3.8, 4) is 5.75 Å². The van der Waals surface area contributed by atoms with Crippen molar-refractivity contribution in [1.82, 2.24) is 4.98 Å². The average molecular weight is 403 g/mol. The molecule has 1 aromatic carbocycles. The Kier molecular flexibility index (Phi) is 6.38. The highest BCUT2D eigenvalue weighted by molar-refractivity contribution is 6.12. The lowest BCUT2D eigenvalue weighted by Gasteiger charge is -2.27. The van der Waals surface area contributed by atoms with Crippen molar-refractivity contribution >= 4 is 34.4 Å². The van der Waals surface area contributed by atoms with E-state index in [-0.39, 0.29) is 23.4 Å². The minimum atomic E-state index is -0.572. The minimum Gasteiger partial charge on any atom is -0.496 e. The van der Waals surface area contributed by atoms with Gasteiger partial charge in [0.1, 0.15) is 11.4 Å². The summed E-state index contributed by atoms with van der Waals surface area (Å²) in [5.74, 6) is -0.535. The van der Waals surface area contributed by atoms with E-state index < -0.39 is 5.97 Å². The van der Waals surface area contributed by atoms with E-state index in [1.165, 1.54) is 19.1 Å². The summed E-state index contributed by atoms with van der Waals surface area (Å²) < 4.78 is 10.2. The van der Waals surface area contributed by atoms with Crippen molar-refractivity contribution in [2.75, 3.05) is 39.2 Å². The number of piperidine rings is 1. The SMILES string of the molecule is COC(=O)c1[nH]c2cccc(OC)c2c1NC(=O)CC[NH+]1CCC(C(N)=O)CC1. The second-order valence-electron chi connectivity index (χ2n) is 7.22. The third-order valence-electron chi connectivity index (χ3n) is 5.46. The number of esters is 1. The van der Waals surface area contributed by atoms with E-state index in [9.17, 15) is 14.4 Å². The molecule has 156 valence electrons. The van der Waals surface area contributed by atoms with Crippen molar-refractivity contribution in [2.24, 2.45) is 11.7 Å². The molecule has 0 spiro atoms. The summed E-state index contributed by atoms with van der Waals surface area (Å²) in [6.07, 6.45) is 1.79. The van der Waals surface area contributed by atoms with Crippen LogP contribution in [0.25, 0.3) is 10.9 Å². The van der Waals surface area contributed by atoms with E-state index in [1.807, 2.05) is 0 Å². The Morgan fingerprint density at radius 2 is 1.97 bits per heavy atom. The van der Waals surface area contributed by atoms with Gasteiger partial charge in [0.05, 0.1) is 56.9 Å². The van der Waals surface area contributed by atoms with Crippen molar-refractivity contribution in [3.63, 3.8) is 0 Å². The summed E-state index contributed by atoms with van der Waals surface area (Å²) in [6.45, 7) is 2.27. The number of ether oxygens (including phenoxy) is 2. The van der Waals surface area contributed by atoms with Crippen LogP contribution in [0.1, 0.15) is 29.8 Å². The lowest BCUT2D eigenvalue weighted by Crippen LogP contribution is -3.13. The number of carbonyl (C=O) groups excluding carboxylic acids is 3. The summed E-state index contributed by atoms with van der Waals surface area (Å²) in [5, 5.41) is 3.48. The maximum absolute atomic E-state index is 12.6. The topological polar surface area (TPSA) is 128 Å². The van der Waals surface area contributed by atoms with Gasteiger partial charge in [-0.1, -0.05) is 6.07 Å². The number of hydrogen-bond donors (Lipinski definition) is 4. The summed E-state index contributed by atoms with van der Waals surface area (Å²) in [7, 11) is 2.82. The first-order valence-electron chi connectivity index (χ1n) is 9.64. The fraction of sp³-hybridized carbons (Fsp3) is 0.450. The number of fused-ring (bicyclic) bond motifs is 1. The monoisotopic (exact) mass is 403 g/mol. The lowest BCUT2D eigenvalue weighted by atomic mass is 9.96. The molecule has 3 rings (SSSR count). The Bertz CT molecular complexity index is 915. The molecule has 9 nitrogen and oxygen atoms in total. The van der Waals surface area contributed by atoms with Crippen molar-refractivity contribution in [2.45, 2.75) is 19.3 Å². The first kappa shape index (κ1) is 20.7. The van der Waals surface area contributed by atoms with Crippen LogP contribution in [-0.4, -0.2) is 56.6 Å². The van der Waals surface area contributed by atoms with Crippen LogP contribution in [0, 0.1) is 5.92 Å². The Hall–Kier alpha value is -3.07. The number of H-pyrrole nitrogens is 1. The normalized spacial score (nSPS) is 19.0. The number of nitrogens with one attached hydrogen (secondary N) is 3. The average Bonchev–Trinajstić information content (AvgIpc) is 3.10. The first-order valence-corrected chi connectivity index (χ1v) is 9.64. The summed E-state index contributed by atoms with van der Waals surface area (Å²) >= 11 is 0. The smallest absolute Gasteiger partial charge is 0.356 e. The summed E-state index contributed by atoms with van der Waals surface area (Å²) in [6, 6.07) is 5.36. The fourth-order valence-corrected chi connectivity index (χ4v) is 3.82. The van der Waals surface area contributed by atoms with E-state index in [0.717, 1.165) is 25.9 Å². The number of aromatic nitrogens is 1. The van der Waals surface area contributed by atoms with Gasteiger partial charge in [-0.3, -0.25) is 9.59 Å². The minimum absolute atomic E-state index is 0.0612. The zero-order valence-corrected chi connectivity index (χ0v) is 16.7. The van der Waals surface area contributed by atoms with Crippen LogP contribution in [-0.2, 0) is 14.3 Å². The number of hydrogen-bond acceptors (Lipinski definition) is 5. The quantitative estimate of drug-likeness (QED) is 0.487. The van der Waals surface area contributed by atoms with Gasteiger partial charge < -0.3 is 30.4 Å². The number of primary amides is 1. The number of benzene rings is 1. The second-order valence-corrected chi connectivity index (χ2v) is 7.22. The van der Waals surface area contributed by atoms with Crippen LogP contribution in [0.15, 0.2) is 18.2 Å². The molecule has 0 radical (unpaired) electrons. The van der Waals surface area contributed by atoms with E-state index in [2.05, 4.69) is 10.3 Å². The molecule has 1 aliphatic rings. The van der Waals surface area contributed by atoms with E-state index in [4.69, 9.17) is 15.2 Å². The lowest BCUT2D eigenvalue weighted by molar-refractivity contribution is -0.905. The van der Waals surface area contributed by atoms with E-state index >= 15 is 0 Å². The van der Waals surface area contributed by atoms with Crippen molar-refractivity contribution < 1.29 is 28.8 Å². The van der Waals surface area contributed by atoms with Crippen LogP contribution in [0.2, 0.25) is 0 Å². The molecule has 1 saturated heterocycles. The van der Waals surface area contributed by atoms with Gasteiger partial charge >= 0.3 is 5.97 Å². The number of quaternary nitrogens is 1. The molecule has 0 saturated carbocycles. The predicted octanol–water partition coefficient (Wildman–Crippen LogP) is 0.0719. The molecule has 9 heteroatoms. The molecular formula is C20H27N4O5+. The molecule has 1 aliphatic heterocycles. The van der Waals surface area contributed by atoms with Crippen LogP contribution >= 0.6 is 0 Å². The summed E-state index contributed by atoms with van der Waals surface area (Å²) in [4.78, 5) is 40.4. The number of nitrogens with two attached hydrogens (primary N) is 1. The van der Waals surface area contributed by atoms with Gasteiger partial charge in [0, 0.05) is 18.8 Å². The van der Waals surface area contributed by atoms with Crippen molar-refractivity contribution in [1.29, 1.82) is 0 Å². The molecular weight excluding hydrogens is 376 g/mol. The number of carbonyl (C=O) groups is 3. The van der Waals surface area contributed by atoms with Gasteiger partial charge in [0.2, 0.25) is 11.8 Å². The van der Waals surface area contributed by atoms with Gasteiger partial charge in [0.15, 0.2) is 0 Å². The third-order valence-corrected chi connectivity index (χ3v) is 5.46. The number of rotatable bonds is 7. The number of methoxy groups -OCH3 is 2. The number of aromatic amines is 1. The van der Waals surface area contributed by atoms with Gasteiger partial charge in [0.25, 0.3) is 0 Å². The molecule has 1 aromatic heterocycles. The van der Waals surface area contributed by atoms with Crippen molar-refractivity contribution in [3.05, 3.63) is 23.9 Å². The zero-order valence-electron chi connectivity index (χ0n) is 16.7. The van der Waals surface area contributed by atoms with E-state index in [1.54, 1.807) is 18.2 Å². The van der Waals surface area contributed by atoms with Gasteiger partial charge in [-0.25, -0.2) is 4.79 Å².